The fourth-order valence-corrected chi connectivity index (χ4v) is 2.46. The summed E-state index contributed by atoms with van der Waals surface area (Å²) in [7, 11) is 1.88. The quantitative estimate of drug-likeness (QED) is 0.550. The van der Waals surface area contributed by atoms with Gasteiger partial charge in [0.05, 0.1) is 11.0 Å². The fraction of sp³-hybridized carbons (Fsp3) is 0.100. The number of anilines is 4. The number of aromatic nitrogens is 2. The van der Waals surface area contributed by atoms with Gasteiger partial charge < -0.3 is 16.0 Å². The Morgan fingerprint density at radius 1 is 0.962 bits per heavy atom. The molecule has 0 radical (unpaired) electrons. The number of hydrogen-bond acceptors (Lipinski definition) is 5. The Morgan fingerprint density at radius 2 is 1.69 bits per heavy atom. The summed E-state index contributed by atoms with van der Waals surface area (Å²) in [5.74, 6) is 7.34. The molecule has 0 spiro atoms. The van der Waals surface area contributed by atoms with Crippen molar-refractivity contribution in [2.75, 3.05) is 24.2 Å². The molecule has 0 amide bonds. The molecule has 0 aliphatic heterocycles. The lowest BCUT2D eigenvalue weighted by Crippen LogP contribution is -2.04. The third-order valence-electron chi connectivity index (χ3n) is 3.42. The summed E-state index contributed by atoms with van der Waals surface area (Å²) in [6.45, 7) is 0.671. The molecule has 0 aliphatic rings. The van der Waals surface area contributed by atoms with Gasteiger partial charge in [-0.1, -0.05) is 30.0 Å². The Labute approximate surface area is 161 Å². The van der Waals surface area contributed by atoms with E-state index in [2.05, 4.69) is 53.7 Å². The van der Waals surface area contributed by atoms with Crippen LogP contribution in [0.4, 0.5) is 23.1 Å². The standard InChI is InChI=1S/C20H18BrN5/c1-22-13-5-6-15-9-11-17(12-10-15)25-20-23-14-18(21)19(26-20)24-16-7-3-2-4-8-16/h2-4,7-12,14,22H,13H2,1H3,(H2,23,24,25,26). The lowest BCUT2D eigenvalue weighted by atomic mass is 10.2. The molecular formula is C20H18BrN5. The Balaban J connectivity index is 1.72. The van der Waals surface area contributed by atoms with E-state index < -0.39 is 0 Å². The first-order valence-corrected chi connectivity index (χ1v) is 8.89. The minimum absolute atomic E-state index is 0.514. The topological polar surface area (TPSA) is 61.9 Å². The van der Waals surface area contributed by atoms with Crippen LogP contribution < -0.4 is 16.0 Å². The second kappa shape index (κ2) is 8.99. The van der Waals surface area contributed by atoms with Crippen molar-refractivity contribution < 1.29 is 0 Å². The Morgan fingerprint density at radius 3 is 2.42 bits per heavy atom. The van der Waals surface area contributed by atoms with Gasteiger partial charge in [-0.2, -0.15) is 4.98 Å². The van der Waals surface area contributed by atoms with Gasteiger partial charge in [0.25, 0.3) is 0 Å². The maximum Gasteiger partial charge on any atom is 0.229 e. The highest BCUT2D eigenvalue weighted by Crippen LogP contribution is 2.25. The zero-order valence-electron chi connectivity index (χ0n) is 14.3. The molecule has 5 nitrogen and oxygen atoms in total. The summed E-state index contributed by atoms with van der Waals surface area (Å²) < 4.78 is 0.794. The molecule has 6 heteroatoms. The Hall–Kier alpha value is -2.88. The van der Waals surface area contributed by atoms with Crippen LogP contribution in [0.5, 0.6) is 0 Å². The summed E-state index contributed by atoms with van der Waals surface area (Å²) in [4.78, 5) is 8.84. The zero-order chi connectivity index (χ0) is 18.2. The van der Waals surface area contributed by atoms with Crippen molar-refractivity contribution in [1.29, 1.82) is 0 Å². The molecule has 3 aromatic rings. The summed E-state index contributed by atoms with van der Waals surface area (Å²) in [6, 6.07) is 17.7. The number of nitrogens with one attached hydrogen (secondary N) is 3. The average Bonchev–Trinajstić information content (AvgIpc) is 2.67. The van der Waals surface area contributed by atoms with Crippen LogP contribution in [0.15, 0.2) is 65.3 Å². The third kappa shape index (κ3) is 5.06. The van der Waals surface area contributed by atoms with Gasteiger partial charge in [-0.25, -0.2) is 4.98 Å². The number of rotatable bonds is 5. The summed E-state index contributed by atoms with van der Waals surface area (Å²) in [5.41, 5.74) is 2.83. The van der Waals surface area contributed by atoms with E-state index in [9.17, 15) is 0 Å². The normalized spacial score (nSPS) is 9.92. The van der Waals surface area contributed by atoms with E-state index in [1.165, 1.54) is 0 Å². The van der Waals surface area contributed by atoms with Gasteiger partial charge in [-0.05, 0) is 59.4 Å². The molecule has 0 bridgehead atoms. The number of halogens is 1. The van der Waals surface area contributed by atoms with Crippen molar-refractivity contribution in [3.63, 3.8) is 0 Å². The average molecular weight is 408 g/mol. The lowest BCUT2D eigenvalue weighted by Gasteiger charge is -2.10. The highest BCUT2D eigenvalue weighted by molar-refractivity contribution is 9.10. The van der Waals surface area contributed by atoms with E-state index in [1.54, 1.807) is 6.20 Å². The molecule has 0 fully saturated rings. The van der Waals surface area contributed by atoms with E-state index in [-0.39, 0.29) is 0 Å². The number of para-hydroxylation sites is 1. The lowest BCUT2D eigenvalue weighted by molar-refractivity contribution is 0.938. The van der Waals surface area contributed by atoms with Crippen LogP contribution in [0.25, 0.3) is 0 Å². The summed E-state index contributed by atoms with van der Waals surface area (Å²) >= 11 is 3.48. The molecule has 1 aromatic heterocycles. The van der Waals surface area contributed by atoms with Crippen LogP contribution in [0.1, 0.15) is 5.56 Å². The van der Waals surface area contributed by atoms with E-state index in [0.717, 1.165) is 21.4 Å². The summed E-state index contributed by atoms with van der Waals surface area (Å²) in [5, 5.41) is 9.48. The zero-order valence-corrected chi connectivity index (χ0v) is 15.8. The van der Waals surface area contributed by atoms with Crippen LogP contribution in [0.3, 0.4) is 0 Å². The van der Waals surface area contributed by atoms with Crippen LogP contribution in [0.2, 0.25) is 0 Å². The Kier molecular flexibility index (Phi) is 6.20. The van der Waals surface area contributed by atoms with Crippen LogP contribution in [-0.4, -0.2) is 23.6 Å². The van der Waals surface area contributed by atoms with E-state index in [4.69, 9.17) is 0 Å². The van der Waals surface area contributed by atoms with Crippen LogP contribution >= 0.6 is 15.9 Å². The predicted octanol–water partition coefficient (Wildman–Crippen LogP) is 4.30. The fourth-order valence-electron chi connectivity index (χ4n) is 2.17. The van der Waals surface area contributed by atoms with Gasteiger partial charge in [0, 0.05) is 23.1 Å². The van der Waals surface area contributed by atoms with Crippen LogP contribution in [0, 0.1) is 11.8 Å². The highest BCUT2D eigenvalue weighted by atomic mass is 79.9. The van der Waals surface area contributed by atoms with Crippen molar-refractivity contribution in [2.45, 2.75) is 0 Å². The first-order valence-electron chi connectivity index (χ1n) is 8.10. The number of hydrogen-bond donors (Lipinski definition) is 3. The molecule has 26 heavy (non-hydrogen) atoms. The van der Waals surface area contributed by atoms with Crippen molar-refractivity contribution in [3.8, 4) is 11.8 Å². The van der Waals surface area contributed by atoms with Crippen LogP contribution in [-0.2, 0) is 0 Å². The van der Waals surface area contributed by atoms with E-state index >= 15 is 0 Å². The van der Waals surface area contributed by atoms with Gasteiger partial charge in [0.1, 0.15) is 5.82 Å². The molecule has 0 aliphatic carbocycles. The smallest absolute Gasteiger partial charge is 0.229 e. The van der Waals surface area contributed by atoms with Gasteiger partial charge in [-0.3, -0.25) is 0 Å². The largest absolute Gasteiger partial charge is 0.339 e. The van der Waals surface area contributed by atoms with Crippen molar-refractivity contribution in [1.82, 2.24) is 15.3 Å². The van der Waals surface area contributed by atoms with E-state index in [1.807, 2.05) is 61.6 Å². The molecule has 0 atom stereocenters. The minimum Gasteiger partial charge on any atom is -0.339 e. The third-order valence-corrected chi connectivity index (χ3v) is 4.00. The second-order valence-electron chi connectivity index (χ2n) is 5.42. The first kappa shape index (κ1) is 17.9. The van der Waals surface area contributed by atoms with Crippen molar-refractivity contribution in [2.24, 2.45) is 0 Å². The first-order chi connectivity index (χ1) is 12.7. The predicted molar refractivity (Wildman–Crippen MR) is 110 cm³/mol. The molecule has 3 N–H and O–H groups in total. The molecule has 1 heterocycles. The molecule has 3 rings (SSSR count). The monoisotopic (exact) mass is 407 g/mol. The van der Waals surface area contributed by atoms with Gasteiger partial charge in [0.15, 0.2) is 0 Å². The number of nitrogens with zero attached hydrogens (tertiary/aromatic N) is 2. The van der Waals surface area contributed by atoms with Gasteiger partial charge >= 0.3 is 0 Å². The van der Waals surface area contributed by atoms with Gasteiger partial charge in [0.2, 0.25) is 5.95 Å². The maximum atomic E-state index is 4.53. The SMILES string of the molecule is CNCC#Cc1ccc(Nc2ncc(Br)c(Nc3ccccc3)n2)cc1. The molecule has 0 saturated carbocycles. The molecule has 0 unspecified atom stereocenters. The minimum atomic E-state index is 0.514. The van der Waals surface area contributed by atoms with Crippen molar-refractivity contribution >= 4 is 39.1 Å². The highest BCUT2D eigenvalue weighted by Gasteiger charge is 2.06. The van der Waals surface area contributed by atoms with Gasteiger partial charge in [-0.15, -0.1) is 0 Å². The number of benzene rings is 2. The molecule has 0 saturated heterocycles. The second-order valence-corrected chi connectivity index (χ2v) is 6.27. The molecule has 130 valence electrons. The molecular weight excluding hydrogens is 390 g/mol. The summed E-state index contributed by atoms with van der Waals surface area (Å²) in [6.07, 6.45) is 1.72. The Bertz CT molecular complexity index is 914. The maximum absolute atomic E-state index is 4.53. The van der Waals surface area contributed by atoms with Crippen molar-refractivity contribution in [3.05, 3.63) is 70.8 Å². The van der Waals surface area contributed by atoms with E-state index in [0.29, 0.717) is 18.3 Å². The molecule has 2 aromatic carbocycles.